The van der Waals surface area contributed by atoms with Crippen LogP contribution in [0.1, 0.15) is 71.8 Å². The van der Waals surface area contributed by atoms with E-state index in [1.165, 1.54) is 6.07 Å². The molecular formula is C30H41FN4O2. The molecule has 4 rings (SSSR count). The van der Waals surface area contributed by atoms with Gasteiger partial charge in [-0.05, 0) is 77.5 Å². The lowest BCUT2D eigenvalue weighted by atomic mass is 9.79. The van der Waals surface area contributed by atoms with Gasteiger partial charge in [-0.15, -0.1) is 0 Å². The summed E-state index contributed by atoms with van der Waals surface area (Å²) in [6.45, 7) is 11.6. The molecule has 200 valence electrons. The highest BCUT2D eigenvalue weighted by Gasteiger charge is 2.39. The van der Waals surface area contributed by atoms with Gasteiger partial charge in [-0.3, -0.25) is 4.79 Å². The minimum atomic E-state index is -0.497. The van der Waals surface area contributed by atoms with Gasteiger partial charge in [-0.1, -0.05) is 42.5 Å². The molecule has 7 heteroatoms. The number of urea groups is 1. The quantitative estimate of drug-likeness (QED) is 0.520. The second kappa shape index (κ2) is 10.8. The van der Waals surface area contributed by atoms with Crippen molar-refractivity contribution >= 4 is 11.9 Å². The first kappa shape index (κ1) is 27.1. The predicted molar refractivity (Wildman–Crippen MR) is 146 cm³/mol. The molecule has 0 bridgehead atoms. The van der Waals surface area contributed by atoms with Gasteiger partial charge in [0.2, 0.25) is 5.91 Å². The Morgan fingerprint density at radius 2 is 1.68 bits per heavy atom. The van der Waals surface area contributed by atoms with Crippen LogP contribution >= 0.6 is 0 Å². The summed E-state index contributed by atoms with van der Waals surface area (Å²) in [5, 5.41) is 9.99. The Morgan fingerprint density at radius 3 is 2.32 bits per heavy atom. The minimum absolute atomic E-state index is 0.0486. The van der Waals surface area contributed by atoms with Crippen LogP contribution in [0.25, 0.3) is 11.1 Å². The highest BCUT2D eigenvalue weighted by Crippen LogP contribution is 2.29. The van der Waals surface area contributed by atoms with Gasteiger partial charge in [0, 0.05) is 41.8 Å². The third kappa shape index (κ3) is 6.89. The molecule has 3 amide bonds. The number of carbonyl (C=O) groups excluding carboxylic acids is 2. The molecule has 2 aliphatic heterocycles. The summed E-state index contributed by atoms with van der Waals surface area (Å²) in [6, 6.07) is 14.3. The van der Waals surface area contributed by atoms with Crippen LogP contribution in [0.4, 0.5) is 9.18 Å². The van der Waals surface area contributed by atoms with E-state index in [1.807, 2.05) is 41.3 Å². The standard InChI is InChI=1S/C30H41FN4O2/c1-20(22-13-14-25(26(31)16-22)21-10-7-6-8-11-21)27(36)32-23-12-9-15-35(19-23)28(37)33-24-17-29(2,3)34-30(4,5)18-24/h6-8,10-11,13-14,16,20,23-24,34H,9,12,15,17-19H2,1-5H3,(H,32,36)(H,33,37). The number of rotatable bonds is 5. The molecule has 2 aliphatic rings. The van der Waals surface area contributed by atoms with E-state index in [0.717, 1.165) is 31.2 Å². The lowest BCUT2D eigenvalue weighted by Crippen LogP contribution is -2.63. The molecule has 2 saturated heterocycles. The summed E-state index contributed by atoms with van der Waals surface area (Å²) in [5.74, 6) is -0.989. The van der Waals surface area contributed by atoms with E-state index < -0.39 is 5.92 Å². The molecule has 2 fully saturated rings. The normalized spacial score (nSPS) is 22.2. The van der Waals surface area contributed by atoms with Gasteiger partial charge >= 0.3 is 6.03 Å². The molecule has 0 saturated carbocycles. The van der Waals surface area contributed by atoms with Gasteiger partial charge in [0.25, 0.3) is 0 Å². The summed E-state index contributed by atoms with van der Waals surface area (Å²) in [5.41, 5.74) is 1.86. The molecule has 0 aromatic heterocycles. The van der Waals surface area contributed by atoms with Crippen LogP contribution in [0, 0.1) is 5.82 Å². The largest absolute Gasteiger partial charge is 0.351 e. The topological polar surface area (TPSA) is 73.5 Å². The number of benzene rings is 2. The summed E-state index contributed by atoms with van der Waals surface area (Å²) in [6.07, 6.45) is 3.38. The molecule has 6 nitrogen and oxygen atoms in total. The van der Waals surface area contributed by atoms with Crippen LogP contribution in [-0.2, 0) is 4.79 Å². The Morgan fingerprint density at radius 1 is 1.00 bits per heavy atom. The summed E-state index contributed by atoms with van der Waals surface area (Å²) < 4.78 is 14.9. The SMILES string of the molecule is CC(C(=O)NC1CCCN(C(=O)NC2CC(C)(C)NC(C)(C)C2)C1)c1ccc(-c2ccccc2)c(F)c1. The number of halogens is 1. The smallest absolute Gasteiger partial charge is 0.317 e. The molecule has 0 radical (unpaired) electrons. The number of hydrogen-bond donors (Lipinski definition) is 3. The van der Waals surface area contributed by atoms with Crippen molar-refractivity contribution < 1.29 is 14.0 Å². The van der Waals surface area contributed by atoms with Gasteiger partial charge in [-0.25, -0.2) is 9.18 Å². The molecule has 2 atom stereocenters. The maximum absolute atomic E-state index is 14.9. The Bertz CT molecular complexity index is 1100. The van der Waals surface area contributed by atoms with Crippen molar-refractivity contribution in [2.45, 2.75) is 89.4 Å². The van der Waals surface area contributed by atoms with Crippen molar-refractivity contribution in [3.63, 3.8) is 0 Å². The zero-order chi connectivity index (χ0) is 26.8. The van der Waals surface area contributed by atoms with E-state index in [1.54, 1.807) is 13.0 Å². The molecule has 37 heavy (non-hydrogen) atoms. The monoisotopic (exact) mass is 508 g/mol. The number of hydrogen-bond acceptors (Lipinski definition) is 3. The fraction of sp³-hybridized carbons (Fsp3) is 0.533. The zero-order valence-electron chi connectivity index (χ0n) is 22.7. The van der Waals surface area contributed by atoms with Crippen molar-refractivity contribution in [3.05, 3.63) is 59.9 Å². The fourth-order valence-electron chi connectivity index (χ4n) is 6.10. The predicted octanol–water partition coefficient (Wildman–Crippen LogP) is 5.20. The van der Waals surface area contributed by atoms with Gasteiger partial charge in [-0.2, -0.15) is 0 Å². The van der Waals surface area contributed by atoms with Crippen molar-refractivity contribution in [2.75, 3.05) is 13.1 Å². The maximum atomic E-state index is 14.9. The van der Waals surface area contributed by atoms with E-state index in [4.69, 9.17) is 0 Å². The van der Waals surface area contributed by atoms with Crippen LogP contribution in [-0.4, -0.2) is 53.1 Å². The average molecular weight is 509 g/mol. The van der Waals surface area contributed by atoms with Crippen molar-refractivity contribution in [2.24, 2.45) is 0 Å². The number of likely N-dealkylation sites (tertiary alicyclic amines) is 1. The molecule has 0 spiro atoms. The highest BCUT2D eigenvalue weighted by molar-refractivity contribution is 5.84. The number of carbonyl (C=O) groups is 2. The molecular weight excluding hydrogens is 467 g/mol. The van der Waals surface area contributed by atoms with E-state index in [0.29, 0.717) is 24.2 Å². The first-order chi connectivity index (χ1) is 17.4. The van der Waals surface area contributed by atoms with Gasteiger partial charge < -0.3 is 20.9 Å². The van der Waals surface area contributed by atoms with E-state index in [-0.39, 0.29) is 40.9 Å². The summed E-state index contributed by atoms with van der Waals surface area (Å²) >= 11 is 0. The fourth-order valence-corrected chi connectivity index (χ4v) is 6.10. The average Bonchev–Trinajstić information content (AvgIpc) is 2.82. The van der Waals surface area contributed by atoms with E-state index in [2.05, 4.69) is 43.6 Å². The lowest BCUT2D eigenvalue weighted by Gasteiger charge is -2.47. The van der Waals surface area contributed by atoms with Crippen LogP contribution in [0.2, 0.25) is 0 Å². The van der Waals surface area contributed by atoms with Gasteiger partial charge in [0.05, 0.1) is 5.92 Å². The van der Waals surface area contributed by atoms with Crippen LogP contribution in [0.3, 0.4) is 0 Å². The summed E-state index contributed by atoms with van der Waals surface area (Å²) in [7, 11) is 0. The lowest BCUT2D eigenvalue weighted by molar-refractivity contribution is -0.123. The second-order valence-electron chi connectivity index (χ2n) is 12.1. The minimum Gasteiger partial charge on any atom is -0.351 e. The molecule has 3 N–H and O–H groups in total. The number of nitrogens with one attached hydrogen (secondary N) is 3. The van der Waals surface area contributed by atoms with Crippen molar-refractivity contribution in [1.82, 2.24) is 20.9 Å². The third-order valence-corrected chi connectivity index (χ3v) is 7.54. The Labute approximate surface area is 220 Å². The van der Waals surface area contributed by atoms with E-state index in [9.17, 15) is 14.0 Å². The Balaban J connectivity index is 1.34. The van der Waals surface area contributed by atoms with Gasteiger partial charge in [0.15, 0.2) is 0 Å². The highest BCUT2D eigenvalue weighted by atomic mass is 19.1. The Hall–Kier alpha value is -2.93. The first-order valence-corrected chi connectivity index (χ1v) is 13.4. The van der Waals surface area contributed by atoms with Gasteiger partial charge in [0.1, 0.15) is 5.82 Å². The Kier molecular flexibility index (Phi) is 7.93. The maximum Gasteiger partial charge on any atom is 0.317 e. The molecule has 2 aromatic carbocycles. The molecule has 0 aliphatic carbocycles. The summed E-state index contributed by atoms with van der Waals surface area (Å²) in [4.78, 5) is 28.0. The number of nitrogens with zero attached hydrogens (tertiary/aromatic N) is 1. The van der Waals surface area contributed by atoms with Crippen LogP contribution in [0.15, 0.2) is 48.5 Å². The molecule has 2 aromatic rings. The molecule has 2 heterocycles. The number of piperidine rings is 2. The van der Waals surface area contributed by atoms with Crippen molar-refractivity contribution in [1.29, 1.82) is 0 Å². The van der Waals surface area contributed by atoms with Crippen LogP contribution < -0.4 is 16.0 Å². The van der Waals surface area contributed by atoms with Crippen molar-refractivity contribution in [3.8, 4) is 11.1 Å². The number of amides is 3. The molecule has 2 unspecified atom stereocenters. The zero-order valence-corrected chi connectivity index (χ0v) is 22.7. The van der Waals surface area contributed by atoms with E-state index >= 15 is 0 Å². The van der Waals surface area contributed by atoms with Crippen LogP contribution in [0.5, 0.6) is 0 Å². The first-order valence-electron chi connectivity index (χ1n) is 13.4. The third-order valence-electron chi connectivity index (χ3n) is 7.54. The second-order valence-corrected chi connectivity index (χ2v) is 12.1.